The van der Waals surface area contributed by atoms with Crippen molar-refractivity contribution in [3.05, 3.63) is 21.9 Å². The summed E-state index contributed by atoms with van der Waals surface area (Å²) in [6.45, 7) is 0. The van der Waals surface area contributed by atoms with E-state index in [0.29, 0.717) is 6.20 Å². The van der Waals surface area contributed by atoms with Crippen LogP contribution < -0.4 is 5.73 Å². The summed E-state index contributed by atoms with van der Waals surface area (Å²) in [4.78, 5) is 3.29. The molecule has 0 amide bonds. The average molecular weight is 291 g/mol. The molecule has 0 atom stereocenters. The van der Waals surface area contributed by atoms with E-state index >= 15 is 0 Å². The molecule has 0 fully saturated rings. The molecule has 0 unspecified atom stereocenters. The third-order valence-electron chi connectivity index (χ3n) is 1.60. The van der Waals surface area contributed by atoms with Gasteiger partial charge >= 0.3 is 6.18 Å². The van der Waals surface area contributed by atoms with Gasteiger partial charge in [-0.25, -0.2) is 13.8 Å². The molecule has 0 spiro atoms. The van der Waals surface area contributed by atoms with Crippen molar-refractivity contribution in [2.75, 3.05) is 5.73 Å². The van der Waals surface area contributed by atoms with Crippen molar-refractivity contribution in [1.82, 2.24) is 4.98 Å². The minimum atomic E-state index is -4.93. The maximum atomic E-state index is 12.4. The number of aromatic nitrogens is 1. The first-order valence-corrected chi connectivity index (χ1v) is 4.33. The van der Waals surface area contributed by atoms with Crippen molar-refractivity contribution < 1.29 is 22.0 Å². The Hall–Kier alpha value is -0.920. The van der Waals surface area contributed by atoms with Crippen LogP contribution in [0.4, 0.5) is 27.6 Å². The number of rotatable bonds is 1. The molecule has 1 heterocycles. The molecule has 8 heteroatoms. The normalized spacial score (nSPS) is 12.2. The quantitative estimate of drug-likeness (QED) is 0.636. The number of pyridine rings is 1. The van der Waals surface area contributed by atoms with Crippen LogP contribution in [0.1, 0.15) is 17.6 Å². The third kappa shape index (κ3) is 2.36. The third-order valence-corrected chi connectivity index (χ3v) is 2.23. The monoisotopic (exact) mass is 290 g/mol. The van der Waals surface area contributed by atoms with Gasteiger partial charge in [0.2, 0.25) is 0 Å². The Labute approximate surface area is 89.4 Å². The van der Waals surface area contributed by atoms with E-state index in [1.165, 1.54) is 0 Å². The van der Waals surface area contributed by atoms with Gasteiger partial charge in [0, 0.05) is 0 Å². The van der Waals surface area contributed by atoms with Crippen LogP contribution in [0.15, 0.2) is 10.8 Å². The molecular weight excluding hydrogens is 287 g/mol. The summed E-state index contributed by atoms with van der Waals surface area (Å²) in [6.07, 6.45) is -7.55. The molecule has 0 bridgehead atoms. The van der Waals surface area contributed by atoms with Gasteiger partial charge in [-0.05, 0) is 15.9 Å². The number of nitrogens with two attached hydrogens (primary N) is 1. The van der Waals surface area contributed by atoms with Crippen LogP contribution in [-0.2, 0) is 6.18 Å². The highest BCUT2D eigenvalue weighted by Crippen LogP contribution is 2.42. The zero-order valence-electron chi connectivity index (χ0n) is 6.95. The second-order valence-electron chi connectivity index (χ2n) is 2.59. The molecule has 0 saturated heterocycles. The lowest BCUT2D eigenvalue weighted by molar-refractivity contribution is -0.139. The summed E-state index contributed by atoms with van der Waals surface area (Å²) in [5.74, 6) is 0. The van der Waals surface area contributed by atoms with E-state index in [9.17, 15) is 22.0 Å². The molecule has 1 rings (SSSR count). The van der Waals surface area contributed by atoms with E-state index in [2.05, 4.69) is 20.9 Å². The summed E-state index contributed by atoms with van der Waals surface area (Å²) in [7, 11) is 0. The van der Waals surface area contributed by atoms with E-state index in [0.717, 1.165) is 0 Å². The number of nitrogens with zero attached hydrogens (tertiary/aromatic N) is 1. The van der Waals surface area contributed by atoms with Gasteiger partial charge in [-0.2, -0.15) is 13.2 Å². The Bertz CT molecular complexity index is 376. The highest BCUT2D eigenvalue weighted by molar-refractivity contribution is 9.10. The largest absolute Gasteiger partial charge is 0.419 e. The van der Waals surface area contributed by atoms with Gasteiger partial charge in [0.25, 0.3) is 6.43 Å². The molecule has 0 radical (unpaired) electrons. The van der Waals surface area contributed by atoms with Crippen LogP contribution in [0, 0.1) is 0 Å². The molecule has 1 aromatic heterocycles. The molecule has 2 nitrogen and oxygen atoms in total. The standard InChI is InChI=1S/C7H4BrF5N2/c8-5-3(6(9)10)4(7(11,12)13)2(14)1-15-5/h1,6H,14H2. The van der Waals surface area contributed by atoms with Crippen LogP contribution in [0.3, 0.4) is 0 Å². The first-order valence-electron chi connectivity index (χ1n) is 3.54. The second-order valence-corrected chi connectivity index (χ2v) is 3.34. The molecule has 84 valence electrons. The highest BCUT2D eigenvalue weighted by Gasteiger charge is 2.39. The van der Waals surface area contributed by atoms with Gasteiger partial charge in [0.1, 0.15) is 4.60 Å². The minimum Gasteiger partial charge on any atom is -0.397 e. The number of anilines is 1. The number of alkyl halides is 5. The van der Waals surface area contributed by atoms with Crippen molar-refractivity contribution >= 4 is 21.6 Å². The summed E-state index contributed by atoms with van der Waals surface area (Å²) in [5.41, 5.74) is 1.38. The van der Waals surface area contributed by atoms with E-state index < -0.39 is 34.0 Å². The number of hydrogen-bond donors (Lipinski definition) is 1. The summed E-state index contributed by atoms with van der Waals surface area (Å²) in [5, 5.41) is 0. The van der Waals surface area contributed by atoms with Gasteiger partial charge in [-0.3, -0.25) is 0 Å². The van der Waals surface area contributed by atoms with Gasteiger partial charge in [-0.1, -0.05) is 0 Å². The van der Waals surface area contributed by atoms with Crippen LogP contribution in [-0.4, -0.2) is 4.98 Å². The summed E-state index contributed by atoms with van der Waals surface area (Å²) < 4.78 is 61.4. The molecule has 0 aliphatic rings. The maximum absolute atomic E-state index is 12.4. The highest BCUT2D eigenvalue weighted by atomic mass is 79.9. The lowest BCUT2D eigenvalue weighted by Crippen LogP contribution is -2.14. The number of halogens is 6. The molecule has 0 saturated carbocycles. The van der Waals surface area contributed by atoms with Gasteiger partial charge in [0.15, 0.2) is 0 Å². The average Bonchev–Trinajstić information content (AvgIpc) is 2.05. The predicted octanol–water partition coefficient (Wildman–Crippen LogP) is 3.38. The smallest absolute Gasteiger partial charge is 0.397 e. The van der Waals surface area contributed by atoms with E-state index in [4.69, 9.17) is 5.73 Å². The Morgan fingerprint density at radius 1 is 1.33 bits per heavy atom. The Kier molecular flexibility index (Phi) is 3.17. The first kappa shape index (κ1) is 12.2. The summed E-state index contributed by atoms with van der Waals surface area (Å²) >= 11 is 2.53. The van der Waals surface area contributed by atoms with Gasteiger partial charge in [-0.15, -0.1) is 0 Å². The van der Waals surface area contributed by atoms with Crippen LogP contribution in [0.2, 0.25) is 0 Å². The Balaban J connectivity index is 3.53. The summed E-state index contributed by atoms with van der Waals surface area (Å²) in [6, 6.07) is 0. The van der Waals surface area contributed by atoms with Crippen molar-refractivity contribution in [1.29, 1.82) is 0 Å². The molecular formula is C7H4BrF5N2. The van der Waals surface area contributed by atoms with Gasteiger partial charge < -0.3 is 5.73 Å². The molecule has 0 aliphatic carbocycles. The van der Waals surface area contributed by atoms with Crippen molar-refractivity contribution in [2.45, 2.75) is 12.6 Å². The fourth-order valence-electron chi connectivity index (χ4n) is 1.03. The van der Waals surface area contributed by atoms with Crippen molar-refractivity contribution in [3.8, 4) is 0 Å². The fourth-order valence-corrected chi connectivity index (χ4v) is 1.51. The first-order chi connectivity index (χ1) is 6.75. The maximum Gasteiger partial charge on any atom is 0.419 e. The van der Waals surface area contributed by atoms with E-state index in [1.807, 2.05) is 0 Å². The molecule has 0 aliphatic heterocycles. The molecule has 0 aromatic carbocycles. The fraction of sp³-hybridized carbons (Fsp3) is 0.286. The van der Waals surface area contributed by atoms with E-state index in [1.54, 1.807) is 0 Å². The van der Waals surface area contributed by atoms with Crippen molar-refractivity contribution in [2.24, 2.45) is 0 Å². The topological polar surface area (TPSA) is 38.9 Å². The van der Waals surface area contributed by atoms with E-state index in [-0.39, 0.29) is 0 Å². The Morgan fingerprint density at radius 2 is 1.87 bits per heavy atom. The lowest BCUT2D eigenvalue weighted by atomic mass is 10.1. The predicted molar refractivity (Wildman–Crippen MR) is 46.3 cm³/mol. The zero-order valence-corrected chi connectivity index (χ0v) is 8.53. The SMILES string of the molecule is Nc1cnc(Br)c(C(F)F)c1C(F)(F)F. The van der Waals surface area contributed by atoms with Crippen LogP contribution >= 0.6 is 15.9 Å². The van der Waals surface area contributed by atoms with Crippen LogP contribution in [0.25, 0.3) is 0 Å². The minimum absolute atomic E-state index is 0.556. The molecule has 2 N–H and O–H groups in total. The number of hydrogen-bond acceptors (Lipinski definition) is 2. The lowest BCUT2D eigenvalue weighted by Gasteiger charge is -2.15. The zero-order chi connectivity index (χ0) is 11.8. The number of nitrogen functional groups attached to an aromatic ring is 1. The Morgan fingerprint density at radius 3 is 2.20 bits per heavy atom. The van der Waals surface area contributed by atoms with Gasteiger partial charge in [0.05, 0.1) is 23.0 Å². The van der Waals surface area contributed by atoms with Crippen molar-refractivity contribution in [3.63, 3.8) is 0 Å². The van der Waals surface area contributed by atoms with Crippen LogP contribution in [0.5, 0.6) is 0 Å². The molecule has 1 aromatic rings. The second kappa shape index (κ2) is 3.92. The molecule has 15 heavy (non-hydrogen) atoms.